The van der Waals surface area contributed by atoms with Crippen LogP contribution in [0.4, 0.5) is 10.3 Å². The smallest absolute Gasteiger partial charge is 0.213 e. The first-order chi connectivity index (χ1) is 14.7. The van der Waals surface area contributed by atoms with Crippen molar-refractivity contribution in [2.24, 2.45) is 0 Å². The number of hydrogen-bond acceptors (Lipinski definition) is 7. The second-order valence-electron chi connectivity index (χ2n) is 7.02. The van der Waals surface area contributed by atoms with Gasteiger partial charge in [-0.15, -0.1) is 10.2 Å². The summed E-state index contributed by atoms with van der Waals surface area (Å²) in [5, 5.41) is 11.5. The van der Waals surface area contributed by atoms with E-state index in [-0.39, 0.29) is 12.4 Å². The zero-order valence-corrected chi connectivity index (χ0v) is 16.5. The zero-order chi connectivity index (χ0) is 20.7. The first-order valence-electron chi connectivity index (χ1n) is 9.52. The third kappa shape index (κ3) is 2.99. The van der Waals surface area contributed by atoms with E-state index in [0.717, 1.165) is 28.0 Å². The topological polar surface area (TPSA) is 86.5 Å². The summed E-state index contributed by atoms with van der Waals surface area (Å²) in [6.07, 6.45) is 5.73. The largest absolute Gasteiger partial charge is 0.493 e. The molecule has 1 aliphatic rings. The van der Waals surface area contributed by atoms with Gasteiger partial charge >= 0.3 is 0 Å². The van der Waals surface area contributed by atoms with E-state index in [4.69, 9.17) is 9.47 Å². The van der Waals surface area contributed by atoms with E-state index in [1.54, 1.807) is 36.3 Å². The van der Waals surface area contributed by atoms with Gasteiger partial charge in [-0.1, -0.05) is 0 Å². The normalized spacial score (nSPS) is 12.6. The van der Waals surface area contributed by atoms with Gasteiger partial charge in [-0.25, -0.2) is 14.4 Å². The van der Waals surface area contributed by atoms with Crippen LogP contribution in [-0.4, -0.2) is 38.3 Å². The number of hydrogen-bond donors (Lipinski definition) is 1. The molecule has 0 unspecified atom stereocenters. The van der Waals surface area contributed by atoms with Crippen LogP contribution in [0.2, 0.25) is 0 Å². The number of anilines is 1. The second-order valence-corrected chi connectivity index (χ2v) is 7.02. The van der Waals surface area contributed by atoms with Crippen LogP contribution >= 0.6 is 0 Å². The summed E-state index contributed by atoms with van der Waals surface area (Å²) in [7, 11) is 1.58. The number of aryl methyl sites for hydroxylation is 1. The third-order valence-corrected chi connectivity index (χ3v) is 5.28. The van der Waals surface area contributed by atoms with Crippen LogP contribution in [0.25, 0.3) is 16.8 Å². The zero-order valence-electron chi connectivity index (χ0n) is 16.5. The Morgan fingerprint density at radius 3 is 2.93 bits per heavy atom. The summed E-state index contributed by atoms with van der Waals surface area (Å²) in [6.45, 7) is 2.82. The van der Waals surface area contributed by atoms with E-state index in [2.05, 4.69) is 25.5 Å². The number of methoxy groups -OCH3 is 1. The third-order valence-electron chi connectivity index (χ3n) is 5.28. The van der Waals surface area contributed by atoms with Crippen molar-refractivity contribution in [1.82, 2.24) is 24.6 Å². The minimum atomic E-state index is -0.261. The predicted octanol–water partition coefficient (Wildman–Crippen LogP) is 3.19. The molecule has 0 radical (unpaired) electrons. The Kier molecular flexibility index (Phi) is 4.42. The van der Waals surface area contributed by atoms with E-state index in [9.17, 15) is 4.39 Å². The Balaban J connectivity index is 1.49. The van der Waals surface area contributed by atoms with Crippen LogP contribution in [0.5, 0.6) is 11.6 Å². The lowest BCUT2D eigenvalue weighted by Gasteiger charge is -2.13. The molecule has 152 valence electrons. The molecule has 0 atom stereocenters. The van der Waals surface area contributed by atoms with Crippen molar-refractivity contribution in [3.63, 3.8) is 0 Å². The van der Waals surface area contributed by atoms with Gasteiger partial charge in [0.25, 0.3) is 0 Å². The second kappa shape index (κ2) is 7.25. The van der Waals surface area contributed by atoms with Crippen molar-refractivity contribution in [3.8, 4) is 22.8 Å². The molecule has 3 aromatic heterocycles. The van der Waals surface area contributed by atoms with Gasteiger partial charge in [0.05, 0.1) is 13.7 Å². The standard InChI is InChI=1S/C21H19FN6O2/c1-12-7-19(29-2)23-8-14(12)16-10-25-21(28-11-26-27-20(16)28)24-9-15-13-5-6-30-18(13)4-3-17(15)22/h3-4,7-8,10-11H,5-6,9H2,1-2H3,(H,24,25). The van der Waals surface area contributed by atoms with Gasteiger partial charge in [0, 0.05) is 53.7 Å². The average Bonchev–Trinajstić information content (AvgIpc) is 3.43. The molecule has 0 saturated carbocycles. The molecule has 1 aliphatic heterocycles. The summed E-state index contributed by atoms with van der Waals surface area (Å²) in [6, 6.07) is 4.97. The van der Waals surface area contributed by atoms with Crippen molar-refractivity contribution in [2.75, 3.05) is 19.0 Å². The number of halogens is 1. The van der Waals surface area contributed by atoms with Crippen molar-refractivity contribution < 1.29 is 13.9 Å². The molecular weight excluding hydrogens is 387 g/mol. The first-order valence-corrected chi connectivity index (χ1v) is 9.52. The number of nitrogens with one attached hydrogen (secondary N) is 1. The van der Waals surface area contributed by atoms with E-state index in [0.29, 0.717) is 36.1 Å². The van der Waals surface area contributed by atoms with Gasteiger partial charge in [-0.2, -0.15) is 0 Å². The molecule has 9 heteroatoms. The minimum absolute atomic E-state index is 0.261. The van der Waals surface area contributed by atoms with Crippen molar-refractivity contribution >= 4 is 11.6 Å². The lowest BCUT2D eigenvalue weighted by Crippen LogP contribution is -2.10. The van der Waals surface area contributed by atoms with Crippen LogP contribution in [0.3, 0.4) is 0 Å². The molecule has 0 saturated heterocycles. The van der Waals surface area contributed by atoms with E-state index < -0.39 is 0 Å². The van der Waals surface area contributed by atoms with Crippen LogP contribution in [0.15, 0.2) is 36.9 Å². The highest BCUT2D eigenvalue weighted by atomic mass is 19.1. The molecule has 0 aliphatic carbocycles. The van der Waals surface area contributed by atoms with Crippen LogP contribution in [0, 0.1) is 12.7 Å². The number of pyridine rings is 1. The van der Waals surface area contributed by atoms with Crippen molar-refractivity contribution in [1.29, 1.82) is 0 Å². The molecule has 30 heavy (non-hydrogen) atoms. The Bertz CT molecular complexity index is 1260. The fraction of sp³-hybridized carbons (Fsp3) is 0.238. The van der Waals surface area contributed by atoms with Gasteiger partial charge in [-0.3, -0.25) is 4.40 Å². The van der Waals surface area contributed by atoms with Gasteiger partial charge in [-0.05, 0) is 24.6 Å². The number of ether oxygens (including phenoxy) is 2. The lowest BCUT2D eigenvalue weighted by atomic mass is 10.0. The number of rotatable bonds is 5. The summed E-state index contributed by atoms with van der Waals surface area (Å²) in [5.41, 5.74) is 4.79. The molecule has 4 heterocycles. The molecular formula is C21H19FN6O2. The van der Waals surface area contributed by atoms with E-state index in [1.165, 1.54) is 6.07 Å². The minimum Gasteiger partial charge on any atom is -0.493 e. The Morgan fingerprint density at radius 1 is 1.23 bits per heavy atom. The Hall–Kier alpha value is -3.75. The fourth-order valence-electron chi connectivity index (χ4n) is 3.74. The average molecular weight is 406 g/mol. The highest BCUT2D eigenvalue weighted by molar-refractivity contribution is 5.79. The lowest BCUT2D eigenvalue weighted by molar-refractivity contribution is 0.356. The van der Waals surface area contributed by atoms with Crippen molar-refractivity contribution in [3.05, 3.63) is 59.4 Å². The fourth-order valence-corrected chi connectivity index (χ4v) is 3.74. The first kappa shape index (κ1) is 18.3. The number of benzene rings is 1. The maximum atomic E-state index is 14.4. The highest BCUT2D eigenvalue weighted by Crippen LogP contribution is 2.31. The summed E-state index contributed by atoms with van der Waals surface area (Å²) in [5.74, 6) is 1.55. The molecule has 4 aromatic rings. The van der Waals surface area contributed by atoms with E-state index >= 15 is 0 Å². The van der Waals surface area contributed by atoms with Crippen molar-refractivity contribution in [2.45, 2.75) is 19.9 Å². The molecule has 0 spiro atoms. The summed E-state index contributed by atoms with van der Waals surface area (Å²) >= 11 is 0. The maximum Gasteiger partial charge on any atom is 0.213 e. The van der Waals surface area contributed by atoms with Gasteiger partial charge in [0.1, 0.15) is 17.9 Å². The number of aromatic nitrogens is 5. The molecule has 1 aromatic carbocycles. The molecule has 0 fully saturated rings. The Morgan fingerprint density at radius 2 is 2.10 bits per heavy atom. The molecule has 0 bridgehead atoms. The molecule has 1 N–H and O–H groups in total. The quantitative estimate of drug-likeness (QED) is 0.545. The van der Waals surface area contributed by atoms with Crippen LogP contribution in [-0.2, 0) is 13.0 Å². The van der Waals surface area contributed by atoms with Gasteiger partial charge < -0.3 is 14.8 Å². The van der Waals surface area contributed by atoms with E-state index in [1.807, 2.05) is 13.0 Å². The molecule has 5 rings (SSSR count). The van der Waals surface area contributed by atoms with Crippen LogP contribution < -0.4 is 14.8 Å². The van der Waals surface area contributed by atoms with Crippen LogP contribution in [0.1, 0.15) is 16.7 Å². The molecule has 0 amide bonds. The summed E-state index contributed by atoms with van der Waals surface area (Å²) < 4.78 is 26.9. The molecule has 8 nitrogen and oxygen atoms in total. The van der Waals surface area contributed by atoms with Gasteiger partial charge in [0.2, 0.25) is 11.8 Å². The van der Waals surface area contributed by atoms with Gasteiger partial charge in [0.15, 0.2) is 5.65 Å². The SMILES string of the molecule is COc1cc(C)c(-c2cnc(NCc3c(F)ccc4c3CCO4)n3cnnc23)cn1. The number of nitrogens with zero attached hydrogens (tertiary/aromatic N) is 5. The monoisotopic (exact) mass is 406 g/mol. The number of fused-ring (bicyclic) bond motifs is 2. The maximum absolute atomic E-state index is 14.4. The Labute approximate surface area is 171 Å². The summed E-state index contributed by atoms with van der Waals surface area (Å²) in [4.78, 5) is 8.83. The highest BCUT2D eigenvalue weighted by Gasteiger charge is 2.20. The predicted molar refractivity (Wildman–Crippen MR) is 108 cm³/mol.